The van der Waals surface area contributed by atoms with Crippen molar-refractivity contribution in [3.05, 3.63) is 64.7 Å². The zero-order chi connectivity index (χ0) is 20.9. The predicted molar refractivity (Wildman–Crippen MR) is 114 cm³/mol. The molecule has 30 heavy (non-hydrogen) atoms. The lowest BCUT2D eigenvalue weighted by molar-refractivity contribution is 0.0606. The van der Waals surface area contributed by atoms with Gasteiger partial charge in [0.15, 0.2) is 5.82 Å². The van der Waals surface area contributed by atoms with E-state index in [0.29, 0.717) is 39.7 Å². The number of rotatable bonds is 6. The Balaban J connectivity index is 1.50. The van der Waals surface area contributed by atoms with E-state index in [1.165, 1.54) is 18.4 Å². The van der Waals surface area contributed by atoms with Gasteiger partial charge in [-0.15, -0.1) is 11.3 Å². The van der Waals surface area contributed by atoms with Gasteiger partial charge in [-0.05, 0) is 37.3 Å². The number of carbonyl (C=O) groups excluding carboxylic acids is 1. The molecule has 0 saturated heterocycles. The molecule has 0 amide bonds. The minimum atomic E-state index is -0.382. The van der Waals surface area contributed by atoms with Gasteiger partial charge in [-0.1, -0.05) is 6.07 Å². The number of aryl methyl sites for hydroxylation is 1. The SMILES string of the molecule is COC(=O)c1cc(Nc2nccc(Nc3ccnc(-c4cccc(C)n4)n3)n2)cs1. The van der Waals surface area contributed by atoms with Crippen LogP contribution in [-0.4, -0.2) is 38.0 Å². The summed E-state index contributed by atoms with van der Waals surface area (Å²) >= 11 is 1.28. The van der Waals surface area contributed by atoms with Crippen LogP contribution in [0.25, 0.3) is 11.5 Å². The summed E-state index contributed by atoms with van der Waals surface area (Å²) in [5.41, 5.74) is 2.29. The van der Waals surface area contributed by atoms with Crippen molar-refractivity contribution in [2.45, 2.75) is 6.92 Å². The number of esters is 1. The summed E-state index contributed by atoms with van der Waals surface area (Å²) in [6, 6.07) is 10.9. The quantitative estimate of drug-likeness (QED) is 0.448. The van der Waals surface area contributed by atoms with E-state index in [-0.39, 0.29) is 5.97 Å². The zero-order valence-electron chi connectivity index (χ0n) is 16.2. The first-order valence-corrected chi connectivity index (χ1v) is 9.80. The van der Waals surface area contributed by atoms with E-state index >= 15 is 0 Å². The number of thiophene rings is 1. The molecule has 0 spiro atoms. The number of hydrogen-bond acceptors (Lipinski definition) is 10. The van der Waals surface area contributed by atoms with Gasteiger partial charge in [-0.25, -0.2) is 24.7 Å². The van der Waals surface area contributed by atoms with Crippen molar-refractivity contribution in [1.29, 1.82) is 0 Å². The summed E-state index contributed by atoms with van der Waals surface area (Å²) in [6.45, 7) is 1.92. The molecule has 2 N–H and O–H groups in total. The molecule has 0 atom stereocenters. The van der Waals surface area contributed by atoms with E-state index in [0.717, 1.165) is 5.69 Å². The summed E-state index contributed by atoms with van der Waals surface area (Å²) in [5, 5.41) is 8.01. The molecule has 0 aliphatic rings. The Morgan fingerprint density at radius 3 is 2.60 bits per heavy atom. The molecule has 9 nitrogen and oxygen atoms in total. The Kier molecular flexibility index (Phi) is 5.57. The number of carbonyl (C=O) groups is 1. The standard InChI is InChI=1S/C20H17N7O2S/c1-12-4-3-5-14(23-12)18-21-8-6-16(26-18)25-17-7-9-22-20(27-17)24-13-10-15(30-11-13)19(28)29-2/h3-11H,1-2H3,(H2,21,22,24,25,26,27). The van der Waals surface area contributed by atoms with E-state index in [1.807, 2.05) is 25.1 Å². The molecule has 0 saturated carbocycles. The first-order valence-electron chi connectivity index (χ1n) is 8.92. The second-order valence-electron chi connectivity index (χ2n) is 6.14. The predicted octanol–water partition coefficient (Wildman–Crippen LogP) is 3.97. The van der Waals surface area contributed by atoms with Crippen LogP contribution in [0.1, 0.15) is 15.4 Å². The van der Waals surface area contributed by atoms with Crippen LogP contribution in [0.2, 0.25) is 0 Å². The highest BCUT2D eigenvalue weighted by Gasteiger charge is 2.10. The van der Waals surface area contributed by atoms with Gasteiger partial charge in [0.1, 0.15) is 22.2 Å². The molecule has 0 aromatic carbocycles. The van der Waals surface area contributed by atoms with Crippen LogP contribution in [0.15, 0.2) is 54.2 Å². The molecule has 4 aromatic rings. The molecule has 0 bridgehead atoms. The van der Waals surface area contributed by atoms with E-state index in [2.05, 4.69) is 35.6 Å². The summed E-state index contributed by atoms with van der Waals surface area (Å²) < 4.78 is 4.72. The maximum atomic E-state index is 11.6. The number of nitrogens with one attached hydrogen (secondary N) is 2. The van der Waals surface area contributed by atoms with Crippen LogP contribution >= 0.6 is 11.3 Å². The van der Waals surface area contributed by atoms with Crippen LogP contribution in [0.4, 0.5) is 23.3 Å². The van der Waals surface area contributed by atoms with Gasteiger partial charge >= 0.3 is 5.97 Å². The zero-order valence-corrected chi connectivity index (χ0v) is 17.0. The van der Waals surface area contributed by atoms with E-state index < -0.39 is 0 Å². The fourth-order valence-corrected chi connectivity index (χ4v) is 3.33. The third kappa shape index (κ3) is 4.55. The normalized spacial score (nSPS) is 10.5. The number of hydrogen-bond donors (Lipinski definition) is 2. The minimum absolute atomic E-state index is 0.379. The fourth-order valence-electron chi connectivity index (χ4n) is 2.58. The third-order valence-corrected chi connectivity index (χ3v) is 4.84. The topological polar surface area (TPSA) is 115 Å². The highest BCUT2D eigenvalue weighted by atomic mass is 32.1. The van der Waals surface area contributed by atoms with Crippen molar-refractivity contribution in [2.75, 3.05) is 17.7 Å². The Hall–Kier alpha value is -3.92. The van der Waals surface area contributed by atoms with Gasteiger partial charge in [0.2, 0.25) is 5.95 Å². The van der Waals surface area contributed by atoms with Crippen molar-refractivity contribution in [2.24, 2.45) is 0 Å². The molecule has 4 rings (SSSR count). The van der Waals surface area contributed by atoms with Gasteiger partial charge < -0.3 is 15.4 Å². The Bertz CT molecular complexity index is 1200. The number of aromatic nitrogens is 5. The molecule has 0 fully saturated rings. The molecule has 0 aliphatic carbocycles. The fraction of sp³-hybridized carbons (Fsp3) is 0.100. The molecule has 10 heteroatoms. The largest absolute Gasteiger partial charge is 0.465 e. The van der Waals surface area contributed by atoms with Crippen molar-refractivity contribution < 1.29 is 9.53 Å². The van der Waals surface area contributed by atoms with E-state index in [1.54, 1.807) is 36.0 Å². The van der Waals surface area contributed by atoms with E-state index in [9.17, 15) is 4.79 Å². The van der Waals surface area contributed by atoms with Crippen LogP contribution in [0.3, 0.4) is 0 Å². The lowest BCUT2D eigenvalue weighted by Crippen LogP contribution is -2.02. The number of nitrogens with zero attached hydrogens (tertiary/aromatic N) is 5. The molecule has 4 heterocycles. The van der Waals surface area contributed by atoms with Gasteiger partial charge in [0.25, 0.3) is 0 Å². The number of ether oxygens (including phenoxy) is 1. The summed E-state index contributed by atoms with van der Waals surface area (Å²) in [7, 11) is 1.35. The van der Waals surface area contributed by atoms with Crippen LogP contribution in [0.5, 0.6) is 0 Å². The average Bonchev–Trinajstić information content (AvgIpc) is 3.22. The second kappa shape index (κ2) is 8.62. The maximum Gasteiger partial charge on any atom is 0.348 e. The van der Waals surface area contributed by atoms with Crippen molar-refractivity contribution in [3.8, 4) is 11.5 Å². The Morgan fingerprint density at radius 1 is 1.00 bits per heavy atom. The molecule has 0 radical (unpaired) electrons. The van der Waals surface area contributed by atoms with Crippen molar-refractivity contribution in [3.63, 3.8) is 0 Å². The van der Waals surface area contributed by atoms with Gasteiger partial charge in [0.05, 0.1) is 12.8 Å². The van der Waals surface area contributed by atoms with Crippen LogP contribution in [0, 0.1) is 6.92 Å². The smallest absolute Gasteiger partial charge is 0.348 e. The number of anilines is 4. The van der Waals surface area contributed by atoms with Crippen LogP contribution < -0.4 is 10.6 Å². The average molecular weight is 419 g/mol. The summed E-state index contributed by atoms with van der Waals surface area (Å²) in [6.07, 6.45) is 3.28. The Labute approximate surface area is 176 Å². The lowest BCUT2D eigenvalue weighted by Gasteiger charge is -2.08. The minimum Gasteiger partial charge on any atom is -0.465 e. The molecule has 0 aliphatic heterocycles. The lowest BCUT2D eigenvalue weighted by atomic mass is 10.3. The van der Waals surface area contributed by atoms with E-state index in [4.69, 9.17) is 4.74 Å². The third-order valence-electron chi connectivity index (χ3n) is 3.93. The van der Waals surface area contributed by atoms with Crippen molar-refractivity contribution in [1.82, 2.24) is 24.9 Å². The number of methoxy groups -OCH3 is 1. The molecule has 4 aromatic heterocycles. The number of pyridine rings is 1. The molecule has 0 unspecified atom stereocenters. The molecular formula is C20H17N7O2S. The highest BCUT2D eigenvalue weighted by molar-refractivity contribution is 7.12. The second-order valence-corrected chi connectivity index (χ2v) is 7.05. The van der Waals surface area contributed by atoms with Crippen LogP contribution in [-0.2, 0) is 4.74 Å². The summed E-state index contributed by atoms with van der Waals surface area (Å²) in [4.78, 5) is 34.0. The van der Waals surface area contributed by atoms with Gasteiger partial charge in [-0.2, -0.15) is 4.98 Å². The highest BCUT2D eigenvalue weighted by Crippen LogP contribution is 2.23. The van der Waals surface area contributed by atoms with Gasteiger partial charge in [-0.3, -0.25) is 0 Å². The monoisotopic (exact) mass is 419 g/mol. The van der Waals surface area contributed by atoms with Gasteiger partial charge in [0, 0.05) is 23.5 Å². The Morgan fingerprint density at radius 2 is 1.80 bits per heavy atom. The first-order chi connectivity index (χ1) is 14.6. The first kappa shape index (κ1) is 19.4. The van der Waals surface area contributed by atoms with Crippen molar-refractivity contribution >= 4 is 40.6 Å². The maximum absolute atomic E-state index is 11.6. The molecule has 150 valence electrons. The molecular weight excluding hydrogens is 402 g/mol. The summed E-state index contributed by atoms with van der Waals surface area (Å²) in [5.74, 6) is 1.65.